The fourth-order valence-electron chi connectivity index (χ4n) is 6.80. The number of hydrogen-bond acceptors (Lipinski definition) is 13. The molecule has 0 saturated carbocycles. The van der Waals surface area contributed by atoms with Crippen LogP contribution >= 0.6 is 0 Å². The standard InChI is InChI=1S/C42H49N9O14/c1-22(45-34(53)21-44-37(57)26-11-6-7-12-27(26)43)36(56)46-23(2)41(61)50-16-8-13-31(50)40(60)48-28(17-24-9-4-3-5-10-24)38(58)47-29(39(59)49-30(42(62)63)20-35(54)55)18-25-14-15-33(52)32(19-25)51(64)65/h3-7,9-12,14-15,19,22-23,28-31,52H,8,13,16-18,20-21,43H2,1-2H3,(H,44,57)(H,45,53)(H,46,56)(H,47,58)(H,48,60)(H,49,59)(H,54,55)(H,62,63). The number of carboxylic acid groups (broad SMARTS) is 2. The van der Waals surface area contributed by atoms with E-state index in [2.05, 4.69) is 31.9 Å². The summed E-state index contributed by atoms with van der Waals surface area (Å²) in [6, 6.07) is 9.01. The first-order chi connectivity index (χ1) is 30.7. The Morgan fingerprint density at radius 3 is 2.02 bits per heavy atom. The lowest BCUT2D eigenvalue weighted by Gasteiger charge is -2.29. The number of rotatable bonds is 21. The molecule has 1 saturated heterocycles. The molecule has 23 heteroatoms. The number of nitrogen functional groups attached to an aromatic ring is 1. The van der Waals surface area contributed by atoms with Crippen molar-refractivity contribution in [1.82, 2.24) is 36.8 Å². The van der Waals surface area contributed by atoms with Crippen LogP contribution in [-0.2, 0) is 51.2 Å². The molecule has 0 bridgehead atoms. The average molecular weight is 904 g/mol. The van der Waals surface area contributed by atoms with Crippen molar-refractivity contribution in [2.75, 3.05) is 18.8 Å². The molecule has 0 radical (unpaired) electrons. The first-order valence-electron chi connectivity index (χ1n) is 20.1. The molecule has 1 heterocycles. The van der Waals surface area contributed by atoms with E-state index in [4.69, 9.17) is 5.73 Å². The smallest absolute Gasteiger partial charge is 0.326 e. The molecule has 1 aliphatic heterocycles. The van der Waals surface area contributed by atoms with Gasteiger partial charge in [-0.05, 0) is 56.0 Å². The first kappa shape index (κ1) is 49.5. The Hall–Kier alpha value is -8.11. The lowest BCUT2D eigenvalue weighted by Crippen LogP contribution is -2.59. The van der Waals surface area contributed by atoms with Gasteiger partial charge in [-0.2, -0.15) is 0 Å². The van der Waals surface area contributed by atoms with Crippen molar-refractivity contribution in [3.05, 3.63) is 99.6 Å². The second-order valence-electron chi connectivity index (χ2n) is 15.1. The number of amides is 7. The van der Waals surface area contributed by atoms with E-state index in [1.54, 1.807) is 42.5 Å². The fourth-order valence-corrected chi connectivity index (χ4v) is 6.80. The Labute approximate surface area is 370 Å². The zero-order valence-corrected chi connectivity index (χ0v) is 35.1. The second-order valence-corrected chi connectivity index (χ2v) is 15.1. The minimum Gasteiger partial charge on any atom is -0.502 e. The number of nitrogens with one attached hydrogen (secondary N) is 6. The highest BCUT2D eigenvalue weighted by Crippen LogP contribution is 2.27. The number of aromatic hydroxyl groups is 1. The van der Waals surface area contributed by atoms with Crippen LogP contribution in [-0.4, -0.2) is 128 Å². The van der Waals surface area contributed by atoms with E-state index in [1.165, 1.54) is 36.9 Å². The number of hydrogen-bond donors (Lipinski definition) is 10. The number of nitrogens with zero attached hydrogens (tertiary/aromatic N) is 2. The lowest BCUT2D eigenvalue weighted by atomic mass is 10.0. The SMILES string of the molecule is CC(NC(=O)CNC(=O)c1ccccc1N)C(=O)NC(C)C(=O)N1CCCC1C(=O)NC(Cc1ccccc1)C(=O)NC(Cc1ccc(O)c([N+](=O)[O-])c1)C(=O)NC(CC(=O)O)C(=O)O. The normalized spacial score (nSPS) is 15.4. The van der Waals surface area contributed by atoms with E-state index >= 15 is 0 Å². The van der Waals surface area contributed by atoms with E-state index < -0.39 is 125 Å². The van der Waals surface area contributed by atoms with Crippen LogP contribution < -0.4 is 37.6 Å². The number of phenols is 1. The summed E-state index contributed by atoms with van der Waals surface area (Å²) >= 11 is 0. The van der Waals surface area contributed by atoms with Gasteiger partial charge < -0.3 is 57.9 Å². The molecule has 1 aliphatic rings. The van der Waals surface area contributed by atoms with E-state index in [-0.39, 0.29) is 36.2 Å². The van der Waals surface area contributed by atoms with E-state index in [1.807, 2.05) is 0 Å². The summed E-state index contributed by atoms with van der Waals surface area (Å²) in [5.41, 5.74) is 5.98. The third kappa shape index (κ3) is 14.2. The molecule has 0 spiro atoms. The summed E-state index contributed by atoms with van der Waals surface area (Å²) in [6.07, 6.45) is -1.23. The van der Waals surface area contributed by atoms with Crippen LogP contribution in [0.2, 0.25) is 0 Å². The van der Waals surface area contributed by atoms with E-state index in [0.717, 1.165) is 12.1 Å². The van der Waals surface area contributed by atoms with Gasteiger partial charge in [0, 0.05) is 31.1 Å². The molecular weight excluding hydrogens is 855 g/mol. The quantitative estimate of drug-likeness (QED) is 0.0352. The Kier molecular flexibility index (Phi) is 17.4. The number of carbonyl (C=O) groups is 9. The number of carboxylic acids is 2. The minimum atomic E-state index is -1.95. The molecule has 11 N–H and O–H groups in total. The van der Waals surface area contributed by atoms with Gasteiger partial charge in [0.15, 0.2) is 5.75 Å². The van der Waals surface area contributed by atoms with Gasteiger partial charge in [-0.3, -0.25) is 48.5 Å². The maximum absolute atomic E-state index is 14.1. The van der Waals surface area contributed by atoms with Gasteiger partial charge >= 0.3 is 17.6 Å². The van der Waals surface area contributed by atoms with Crippen molar-refractivity contribution in [3.8, 4) is 5.75 Å². The Morgan fingerprint density at radius 1 is 0.769 bits per heavy atom. The number of nitrogens with two attached hydrogens (primary N) is 1. The van der Waals surface area contributed by atoms with Crippen molar-refractivity contribution >= 4 is 64.7 Å². The molecule has 6 unspecified atom stereocenters. The summed E-state index contributed by atoms with van der Waals surface area (Å²) < 4.78 is 0. The molecule has 346 valence electrons. The van der Waals surface area contributed by atoms with Crippen LogP contribution in [0.15, 0.2) is 72.8 Å². The van der Waals surface area contributed by atoms with E-state index in [9.17, 15) is 68.6 Å². The van der Waals surface area contributed by atoms with Crippen molar-refractivity contribution in [1.29, 1.82) is 0 Å². The van der Waals surface area contributed by atoms with Gasteiger partial charge in [-0.1, -0.05) is 48.5 Å². The van der Waals surface area contributed by atoms with Crippen molar-refractivity contribution in [2.45, 2.75) is 82.2 Å². The number of phenolic OH excluding ortho intramolecular Hbond substituents is 1. The average Bonchev–Trinajstić information content (AvgIpc) is 3.75. The van der Waals surface area contributed by atoms with Gasteiger partial charge in [0.05, 0.1) is 23.5 Å². The Balaban J connectivity index is 1.47. The summed E-state index contributed by atoms with van der Waals surface area (Å²) in [5, 5.41) is 54.7. The zero-order valence-electron chi connectivity index (χ0n) is 35.1. The second kappa shape index (κ2) is 22.8. The predicted octanol–water partition coefficient (Wildman–Crippen LogP) is -0.888. The molecule has 1 fully saturated rings. The summed E-state index contributed by atoms with van der Waals surface area (Å²) in [7, 11) is 0. The number of carbonyl (C=O) groups excluding carboxylic acids is 7. The molecule has 3 aromatic rings. The molecule has 4 rings (SSSR count). The van der Waals surface area contributed by atoms with Gasteiger partial charge in [-0.25, -0.2) is 4.79 Å². The zero-order chi connectivity index (χ0) is 48.0. The molecule has 0 aromatic heterocycles. The van der Waals surface area contributed by atoms with Crippen LogP contribution in [0.5, 0.6) is 5.75 Å². The number of aliphatic carboxylic acids is 2. The molecule has 6 atom stereocenters. The molecule has 23 nitrogen and oxygen atoms in total. The summed E-state index contributed by atoms with van der Waals surface area (Å²) in [5.74, 6) is -9.68. The molecular formula is C42H49N9O14. The number of anilines is 1. The van der Waals surface area contributed by atoms with E-state index in [0.29, 0.717) is 12.0 Å². The minimum absolute atomic E-state index is 0.0279. The topological polar surface area (TPSA) is 359 Å². The number of benzene rings is 3. The summed E-state index contributed by atoms with van der Waals surface area (Å²) in [4.78, 5) is 128. The number of nitro benzene ring substituents is 1. The number of nitro groups is 1. The Morgan fingerprint density at radius 2 is 1.38 bits per heavy atom. The van der Waals surface area contributed by atoms with Gasteiger partial charge in [0.2, 0.25) is 35.4 Å². The molecule has 65 heavy (non-hydrogen) atoms. The van der Waals surface area contributed by atoms with Crippen molar-refractivity contribution < 1.29 is 63.4 Å². The lowest BCUT2D eigenvalue weighted by molar-refractivity contribution is -0.385. The Bertz CT molecular complexity index is 2310. The van der Waals surface area contributed by atoms with Crippen LogP contribution in [0.3, 0.4) is 0 Å². The monoisotopic (exact) mass is 903 g/mol. The number of para-hydroxylation sites is 1. The fraction of sp³-hybridized carbons (Fsp3) is 0.357. The summed E-state index contributed by atoms with van der Waals surface area (Å²) in [6.45, 7) is 2.33. The maximum atomic E-state index is 14.1. The van der Waals surface area contributed by atoms with Gasteiger partial charge in [0.1, 0.15) is 36.3 Å². The van der Waals surface area contributed by atoms with Crippen molar-refractivity contribution in [3.63, 3.8) is 0 Å². The molecule has 3 aromatic carbocycles. The largest absolute Gasteiger partial charge is 0.502 e. The maximum Gasteiger partial charge on any atom is 0.326 e. The predicted molar refractivity (Wildman–Crippen MR) is 227 cm³/mol. The molecule has 0 aliphatic carbocycles. The number of likely N-dealkylation sites (tertiary alicyclic amines) is 1. The van der Waals surface area contributed by atoms with Gasteiger partial charge in [-0.15, -0.1) is 0 Å². The van der Waals surface area contributed by atoms with Crippen LogP contribution in [0.25, 0.3) is 0 Å². The van der Waals surface area contributed by atoms with Gasteiger partial charge in [0.25, 0.3) is 5.91 Å². The van der Waals surface area contributed by atoms with Crippen LogP contribution in [0.1, 0.15) is 54.6 Å². The van der Waals surface area contributed by atoms with Crippen LogP contribution in [0.4, 0.5) is 11.4 Å². The highest BCUT2D eigenvalue weighted by Gasteiger charge is 2.39. The highest BCUT2D eigenvalue weighted by molar-refractivity contribution is 6.01. The third-order valence-corrected chi connectivity index (χ3v) is 10.2. The van der Waals surface area contributed by atoms with Crippen molar-refractivity contribution in [2.24, 2.45) is 0 Å². The molecule has 7 amide bonds. The highest BCUT2D eigenvalue weighted by atomic mass is 16.6. The first-order valence-corrected chi connectivity index (χ1v) is 20.1. The van der Waals surface area contributed by atoms with Crippen LogP contribution in [0, 0.1) is 10.1 Å². The third-order valence-electron chi connectivity index (χ3n) is 10.2.